The first-order chi connectivity index (χ1) is 12.2. The minimum Gasteiger partial charge on any atom is -0.368 e. The molecule has 0 aliphatic carbocycles. The number of nitrogens with zero attached hydrogens (tertiary/aromatic N) is 5. The molecule has 0 saturated carbocycles. The Kier molecular flexibility index (Phi) is 5.91. The number of guanidine groups is 1. The zero-order valence-electron chi connectivity index (χ0n) is 14.6. The van der Waals surface area contributed by atoms with Crippen molar-refractivity contribution in [3.05, 3.63) is 40.9 Å². The Bertz CT molecular complexity index is 727. The molecule has 0 radical (unpaired) electrons. The van der Waals surface area contributed by atoms with E-state index in [0.29, 0.717) is 12.6 Å². The second-order valence-corrected chi connectivity index (χ2v) is 6.84. The normalized spacial score (nSPS) is 17.8. The van der Waals surface area contributed by atoms with Gasteiger partial charge in [0, 0.05) is 37.2 Å². The molecule has 8 heteroatoms. The molecule has 1 saturated heterocycles. The Morgan fingerprint density at radius 1 is 1.40 bits per heavy atom. The minimum absolute atomic E-state index is 0.363. The molecule has 2 aromatic rings. The topological polar surface area (TPSA) is 70.4 Å². The van der Waals surface area contributed by atoms with E-state index in [1.165, 1.54) is 5.69 Å². The fourth-order valence-electron chi connectivity index (χ4n) is 3.04. The van der Waals surface area contributed by atoms with Crippen LogP contribution in [0.2, 0.25) is 0 Å². The summed E-state index contributed by atoms with van der Waals surface area (Å²) in [7, 11) is 1.79. The molecule has 2 heterocycles. The van der Waals surface area contributed by atoms with Crippen molar-refractivity contribution in [3.63, 3.8) is 0 Å². The molecule has 1 atom stereocenters. The van der Waals surface area contributed by atoms with Gasteiger partial charge in [0.05, 0.1) is 12.2 Å². The molecule has 7 nitrogen and oxygen atoms in total. The number of para-hydroxylation sites is 1. The Morgan fingerprint density at radius 2 is 2.24 bits per heavy atom. The maximum absolute atomic E-state index is 4.33. The molecule has 134 valence electrons. The van der Waals surface area contributed by atoms with Gasteiger partial charge in [0.1, 0.15) is 6.33 Å². The van der Waals surface area contributed by atoms with Crippen molar-refractivity contribution >= 4 is 27.6 Å². The monoisotopic (exact) mass is 405 g/mol. The molecule has 3 rings (SSSR count). The summed E-state index contributed by atoms with van der Waals surface area (Å²) in [5.74, 6) is 1.70. The first-order valence-electron chi connectivity index (χ1n) is 8.54. The van der Waals surface area contributed by atoms with Crippen LogP contribution in [0.5, 0.6) is 0 Å². The highest BCUT2D eigenvalue weighted by atomic mass is 79.9. The maximum Gasteiger partial charge on any atom is 0.191 e. The number of rotatable bonds is 5. The van der Waals surface area contributed by atoms with E-state index in [0.717, 1.165) is 42.3 Å². The fraction of sp³-hybridized carbons (Fsp3) is 0.471. The van der Waals surface area contributed by atoms with Gasteiger partial charge in [-0.3, -0.25) is 4.99 Å². The van der Waals surface area contributed by atoms with E-state index in [1.807, 2.05) is 10.6 Å². The van der Waals surface area contributed by atoms with E-state index in [9.17, 15) is 0 Å². The van der Waals surface area contributed by atoms with Gasteiger partial charge < -0.3 is 20.1 Å². The molecule has 1 aromatic carbocycles. The van der Waals surface area contributed by atoms with Crippen LogP contribution < -0.4 is 15.5 Å². The van der Waals surface area contributed by atoms with Gasteiger partial charge in [-0.25, -0.2) is 0 Å². The number of hydrogen-bond donors (Lipinski definition) is 2. The lowest BCUT2D eigenvalue weighted by atomic mass is 10.3. The number of nitrogens with one attached hydrogen (secondary N) is 2. The van der Waals surface area contributed by atoms with E-state index < -0.39 is 0 Å². The Morgan fingerprint density at radius 3 is 3.00 bits per heavy atom. The fourth-order valence-corrected chi connectivity index (χ4v) is 3.57. The number of aromatic nitrogens is 3. The van der Waals surface area contributed by atoms with E-state index in [1.54, 1.807) is 13.4 Å². The molecule has 2 N–H and O–H groups in total. The van der Waals surface area contributed by atoms with E-state index >= 15 is 0 Å². The van der Waals surface area contributed by atoms with Crippen LogP contribution in [0, 0.1) is 0 Å². The van der Waals surface area contributed by atoms with E-state index in [2.05, 4.69) is 71.8 Å². The molecular formula is C17H24BrN7. The van der Waals surface area contributed by atoms with Gasteiger partial charge in [0.25, 0.3) is 0 Å². The van der Waals surface area contributed by atoms with E-state index in [4.69, 9.17) is 0 Å². The smallest absolute Gasteiger partial charge is 0.191 e. The van der Waals surface area contributed by atoms with Crippen LogP contribution in [0.15, 0.2) is 40.1 Å². The third-order valence-electron chi connectivity index (χ3n) is 4.40. The summed E-state index contributed by atoms with van der Waals surface area (Å²) in [5, 5.41) is 14.9. The maximum atomic E-state index is 4.33. The standard InChI is InChI=1S/C17H24BrN7/c1-3-24-12-21-23-16(24)10-20-17(19-2)22-13-8-9-25(11-13)15-7-5-4-6-14(15)18/h4-7,12-13H,3,8-11H2,1-2H3,(H2,19,20,22). The summed E-state index contributed by atoms with van der Waals surface area (Å²) in [6.45, 7) is 5.53. The average Bonchev–Trinajstić information content (AvgIpc) is 3.28. The molecule has 1 aromatic heterocycles. The summed E-state index contributed by atoms with van der Waals surface area (Å²) < 4.78 is 3.15. The van der Waals surface area contributed by atoms with Crippen LogP contribution >= 0.6 is 15.9 Å². The third kappa shape index (κ3) is 4.31. The number of anilines is 1. The second-order valence-electron chi connectivity index (χ2n) is 5.99. The Hall–Kier alpha value is -2.09. The average molecular weight is 406 g/mol. The van der Waals surface area contributed by atoms with Gasteiger partial charge >= 0.3 is 0 Å². The van der Waals surface area contributed by atoms with Crippen LogP contribution in [0.1, 0.15) is 19.2 Å². The molecule has 0 spiro atoms. The number of aliphatic imine (C=N–C) groups is 1. The summed E-state index contributed by atoms with van der Waals surface area (Å²) in [5.41, 5.74) is 1.24. The quantitative estimate of drug-likeness (QED) is 0.587. The second kappa shape index (κ2) is 8.33. The van der Waals surface area contributed by atoms with Gasteiger partial charge in [-0.15, -0.1) is 10.2 Å². The molecule has 1 aliphatic rings. The predicted molar refractivity (Wildman–Crippen MR) is 104 cm³/mol. The lowest BCUT2D eigenvalue weighted by Crippen LogP contribution is -2.44. The van der Waals surface area contributed by atoms with Crippen molar-refractivity contribution in [2.24, 2.45) is 4.99 Å². The lowest BCUT2D eigenvalue weighted by Gasteiger charge is -2.21. The molecule has 25 heavy (non-hydrogen) atoms. The van der Waals surface area contributed by atoms with Gasteiger partial charge in [-0.1, -0.05) is 12.1 Å². The first-order valence-corrected chi connectivity index (χ1v) is 9.34. The van der Waals surface area contributed by atoms with Crippen LogP contribution in [0.25, 0.3) is 0 Å². The number of halogens is 1. The van der Waals surface area contributed by atoms with Gasteiger partial charge in [0.2, 0.25) is 0 Å². The van der Waals surface area contributed by atoms with Crippen molar-refractivity contribution in [1.82, 2.24) is 25.4 Å². The molecule has 1 aliphatic heterocycles. The zero-order valence-corrected chi connectivity index (χ0v) is 16.2. The van der Waals surface area contributed by atoms with Crippen LogP contribution in [0.4, 0.5) is 5.69 Å². The number of hydrogen-bond acceptors (Lipinski definition) is 4. The molecular weight excluding hydrogens is 382 g/mol. The van der Waals surface area contributed by atoms with Crippen LogP contribution in [-0.4, -0.2) is 46.9 Å². The molecule has 0 bridgehead atoms. The lowest BCUT2D eigenvalue weighted by molar-refractivity contribution is 0.631. The highest BCUT2D eigenvalue weighted by molar-refractivity contribution is 9.10. The molecule has 1 fully saturated rings. The minimum atomic E-state index is 0.363. The zero-order chi connectivity index (χ0) is 17.6. The highest BCUT2D eigenvalue weighted by Gasteiger charge is 2.24. The molecule has 0 amide bonds. The van der Waals surface area contributed by atoms with Crippen molar-refractivity contribution < 1.29 is 0 Å². The highest BCUT2D eigenvalue weighted by Crippen LogP contribution is 2.28. The first kappa shape index (κ1) is 17.7. The van der Waals surface area contributed by atoms with Crippen molar-refractivity contribution in [3.8, 4) is 0 Å². The Balaban J connectivity index is 1.54. The summed E-state index contributed by atoms with van der Waals surface area (Å²) in [6.07, 6.45) is 2.83. The van der Waals surface area contributed by atoms with Gasteiger partial charge in [-0.2, -0.15) is 0 Å². The molecule has 1 unspecified atom stereocenters. The van der Waals surface area contributed by atoms with Crippen LogP contribution in [0.3, 0.4) is 0 Å². The summed E-state index contributed by atoms with van der Waals surface area (Å²) >= 11 is 3.64. The largest absolute Gasteiger partial charge is 0.368 e. The predicted octanol–water partition coefficient (Wildman–Crippen LogP) is 2.00. The number of benzene rings is 1. The van der Waals surface area contributed by atoms with Crippen molar-refractivity contribution in [1.29, 1.82) is 0 Å². The third-order valence-corrected chi connectivity index (χ3v) is 5.07. The van der Waals surface area contributed by atoms with Crippen LogP contribution in [-0.2, 0) is 13.1 Å². The van der Waals surface area contributed by atoms with Gasteiger partial charge in [-0.05, 0) is 41.4 Å². The van der Waals surface area contributed by atoms with Crippen molar-refractivity contribution in [2.45, 2.75) is 32.5 Å². The summed E-state index contributed by atoms with van der Waals surface area (Å²) in [4.78, 5) is 6.72. The number of aryl methyl sites for hydroxylation is 1. The van der Waals surface area contributed by atoms with Gasteiger partial charge in [0.15, 0.2) is 11.8 Å². The van der Waals surface area contributed by atoms with Crippen molar-refractivity contribution in [2.75, 3.05) is 25.0 Å². The van der Waals surface area contributed by atoms with E-state index in [-0.39, 0.29) is 0 Å². The SMILES string of the molecule is CCn1cnnc1CNC(=NC)NC1CCN(c2ccccc2Br)C1. The Labute approximate surface area is 156 Å². The summed E-state index contributed by atoms with van der Waals surface area (Å²) in [6, 6.07) is 8.71.